The molecule has 78 valence electrons. The van der Waals surface area contributed by atoms with Crippen molar-refractivity contribution in [1.29, 1.82) is 0 Å². The molecule has 0 aromatic rings. The van der Waals surface area contributed by atoms with E-state index in [-0.39, 0.29) is 12.4 Å². The van der Waals surface area contributed by atoms with Gasteiger partial charge in [-0.3, -0.25) is 0 Å². The number of hydrogen-bond acceptors (Lipinski definition) is 3. The second-order valence-electron chi connectivity index (χ2n) is 3.74. The van der Waals surface area contributed by atoms with E-state index >= 15 is 0 Å². The monoisotopic (exact) mass is 188 g/mol. The van der Waals surface area contributed by atoms with Crippen LogP contribution in [-0.2, 0) is 9.47 Å². The summed E-state index contributed by atoms with van der Waals surface area (Å²) in [4.78, 5) is 0. The molecule has 1 N–H and O–H groups in total. The molecule has 2 atom stereocenters. The lowest BCUT2D eigenvalue weighted by Gasteiger charge is -2.20. The topological polar surface area (TPSA) is 38.7 Å². The first kappa shape index (κ1) is 11.0. The molecule has 0 radical (unpaired) electrons. The standard InChI is InChI=1S/C10H20O3/c1-3-4-8(2)9(11)7-10-12-5-6-13-10/h8-11H,3-7H2,1-2H3. The van der Waals surface area contributed by atoms with E-state index < -0.39 is 0 Å². The summed E-state index contributed by atoms with van der Waals surface area (Å²) in [5, 5.41) is 9.75. The highest BCUT2D eigenvalue weighted by Crippen LogP contribution is 2.18. The van der Waals surface area contributed by atoms with Gasteiger partial charge in [-0.05, 0) is 12.3 Å². The smallest absolute Gasteiger partial charge is 0.160 e. The van der Waals surface area contributed by atoms with Crippen LogP contribution in [0.25, 0.3) is 0 Å². The van der Waals surface area contributed by atoms with Crippen LogP contribution in [0.2, 0.25) is 0 Å². The molecule has 0 aliphatic carbocycles. The van der Waals surface area contributed by atoms with Crippen molar-refractivity contribution in [1.82, 2.24) is 0 Å². The van der Waals surface area contributed by atoms with Crippen LogP contribution in [0.3, 0.4) is 0 Å². The average Bonchev–Trinajstić information content (AvgIpc) is 2.57. The molecule has 1 rings (SSSR count). The van der Waals surface area contributed by atoms with E-state index in [1.165, 1.54) is 0 Å². The third kappa shape index (κ3) is 3.63. The summed E-state index contributed by atoms with van der Waals surface area (Å²) in [5.74, 6) is 0.345. The van der Waals surface area contributed by atoms with Crippen LogP contribution in [0.5, 0.6) is 0 Å². The molecule has 0 bridgehead atoms. The normalized spacial score (nSPS) is 23.3. The van der Waals surface area contributed by atoms with E-state index in [1.54, 1.807) is 0 Å². The summed E-state index contributed by atoms with van der Waals surface area (Å²) in [5.41, 5.74) is 0. The Hall–Kier alpha value is -0.120. The Labute approximate surface area is 80.0 Å². The minimum atomic E-state index is -0.289. The van der Waals surface area contributed by atoms with Crippen LogP contribution < -0.4 is 0 Å². The van der Waals surface area contributed by atoms with Crippen molar-refractivity contribution in [3.05, 3.63) is 0 Å². The number of aliphatic hydroxyl groups excluding tert-OH is 1. The van der Waals surface area contributed by atoms with Crippen molar-refractivity contribution < 1.29 is 14.6 Å². The maximum absolute atomic E-state index is 9.75. The Morgan fingerprint density at radius 2 is 2.00 bits per heavy atom. The van der Waals surface area contributed by atoms with Gasteiger partial charge in [0.05, 0.1) is 19.3 Å². The number of aliphatic hydroxyl groups is 1. The van der Waals surface area contributed by atoms with Gasteiger partial charge in [0.2, 0.25) is 0 Å². The molecule has 0 saturated carbocycles. The summed E-state index contributed by atoms with van der Waals surface area (Å²) >= 11 is 0. The first-order chi connectivity index (χ1) is 6.24. The molecule has 1 fully saturated rings. The molecule has 13 heavy (non-hydrogen) atoms. The zero-order valence-electron chi connectivity index (χ0n) is 8.53. The van der Waals surface area contributed by atoms with Gasteiger partial charge in [0.15, 0.2) is 6.29 Å². The molecule has 0 spiro atoms. The summed E-state index contributed by atoms with van der Waals surface area (Å²) < 4.78 is 10.5. The van der Waals surface area contributed by atoms with Gasteiger partial charge in [-0.2, -0.15) is 0 Å². The Kier molecular flexibility index (Phi) is 4.70. The predicted molar refractivity (Wildman–Crippen MR) is 50.4 cm³/mol. The lowest BCUT2D eigenvalue weighted by molar-refractivity contribution is -0.0785. The lowest BCUT2D eigenvalue weighted by atomic mass is 9.97. The van der Waals surface area contributed by atoms with Crippen LogP contribution >= 0.6 is 0 Å². The summed E-state index contributed by atoms with van der Waals surface area (Å²) in [6.07, 6.45) is 2.33. The van der Waals surface area contributed by atoms with Crippen molar-refractivity contribution in [3.8, 4) is 0 Å². The van der Waals surface area contributed by atoms with Crippen LogP contribution in [0, 0.1) is 5.92 Å². The average molecular weight is 188 g/mol. The minimum Gasteiger partial charge on any atom is -0.393 e. The third-order valence-corrected chi connectivity index (χ3v) is 2.53. The van der Waals surface area contributed by atoms with E-state index in [9.17, 15) is 5.11 Å². The Morgan fingerprint density at radius 1 is 1.38 bits per heavy atom. The van der Waals surface area contributed by atoms with Crippen molar-refractivity contribution in [2.75, 3.05) is 13.2 Å². The van der Waals surface area contributed by atoms with Gasteiger partial charge < -0.3 is 14.6 Å². The lowest BCUT2D eigenvalue weighted by Crippen LogP contribution is -2.24. The second kappa shape index (κ2) is 5.58. The molecular formula is C10H20O3. The summed E-state index contributed by atoms with van der Waals surface area (Å²) in [6.45, 7) is 5.54. The number of ether oxygens (including phenoxy) is 2. The molecule has 1 aliphatic rings. The maximum atomic E-state index is 9.75. The van der Waals surface area contributed by atoms with E-state index in [0.717, 1.165) is 12.8 Å². The zero-order chi connectivity index (χ0) is 9.68. The molecule has 1 saturated heterocycles. The van der Waals surface area contributed by atoms with Gasteiger partial charge in [0.25, 0.3) is 0 Å². The van der Waals surface area contributed by atoms with Crippen molar-refractivity contribution in [3.63, 3.8) is 0 Å². The van der Waals surface area contributed by atoms with Crippen LogP contribution in [0.15, 0.2) is 0 Å². The maximum Gasteiger partial charge on any atom is 0.160 e. The fraction of sp³-hybridized carbons (Fsp3) is 1.00. The van der Waals surface area contributed by atoms with Crippen molar-refractivity contribution in [2.45, 2.75) is 45.5 Å². The van der Waals surface area contributed by atoms with Gasteiger partial charge in [-0.15, -0.1) is 0 Å². The molecule has 0 amide bonds. The van der Waals surface area contributed by atoms with Crippen LogP contribution in [0.4, 0.5) is 0 Å². The third-order valence-electron chi connectivity index (χ3n) is 2.53. The van der Waals surface area contributed by atoms with E-state index in [0.29, 0.717) is 25.6 Å². The fourth-order valence-corrected chi connectivity index (χ4v) is 1.62. The van der Waals surface area contributed by atoms with Crippen molar-refractivity contribution in [2.24, 2.45) is 5.92 Å². The summed E-state index contributed by atoms with van der Waals surface area (Å²) in [7, 11) is 0. The van der Waals surface area contributed by atoms with E-state index in [1.807, 2.05) is 0 Å². The molecule has 0 aromatic heterocycles. The number of rotatable bonds is 5. The molecule has 1 aliphatic heterocycles. The molecule has 3 nitrogen and oxygen atoms in total. The molecular weight excluding hydrogens is 168 g/mol. The molecule has 1 heterocycles. The molecule has 2 unspecified atom stereocenters. The van der Waals surface area contributed by atoms with E-state index in [2.05, 4.69) is 13.8 Å². The molecule has 3 heteroatoms. The van der Waals surface area contributed by atoms with Gasteiger partial charge in [-0.1, -0.05) is 20.3 Å². The largest absolute Gasteiger partial charge is 0.393 e. The summed E-state index contributed by atoms with van der Waals surface area (Å²) in [6, 6.07) is 0. The first-order valence-electron chi connectivity index (χ1n) is 5.15. The highest BCUT2D eigenvalue weighted by Gasteiger charge is 2.22. The van der Waals surface area contributed by atoms with Gasteiger partial charge >= 0.3 is 0 Å². The quantitative estimate of drug-likeness (QED) is 0.711. The van der Waals surface area contributed by atoms with Crippen molar-refractivity contribution >= 4 is 0 Å². The highest BCUT2D eigenvalue weighted by atomic mass is 16.7. The van der Waals surface area contributed by atoms with Crippen LogP contribution in [-0.4, -0.2) is 30.7 Å². The van der Waals surface area contributed by atoms with Gasteiger partial charge in [0, 0.05) is 6.42 Å². The van der Waals surface area contributed by atoms with Gasteiger partial charge in [0.1, 0.15) is 0 Å². The Morgan fingerprint density at radius 3 is 2.54 bits per heavy atom. The zero-order valence-corrected chi connectivity index (χ0v) is 8.53. The first-order valence-corrected chi connectivity index (χ1v) is 5.15. The second-order valence-corrected chi connectivity index (χ2v) is 3.74. The minimum absolute atomic E-state index is 0.172. The Balaban J connectivity index is 2.18. The van der Waals surface area contributed by atoms with Crippen LogP contribution in [0.1, 0.15) is 33.1 Å². The van der Waals surface area contributed by atoms with E-state index in [4.69, 9.17) is 9.47 Å². The Bertz CT molecular complexity index is 132. The predicted octanol–water partition coefficient (Wildman–Crippen LogP) is 1.55. The highest BCUT2D eigenvalue weighted by molar-refractivity contribution is 4.67. The SMILES string of the molecule is CCCC(C)C(O)CC1OCCO1. The fourth-order valence-electron chi connectivity index (χ4n) is 1.62. The molecule has 0 aromatic carbocycles. The van der Waals surface area contributed by atoms with Gasteiger partial charge in [-0.25, -0.2) is 0 Å². The number of hydrogen-bond donors (Lipinski definition) is 1.